The van der Waals surface area contributed by atoms with Crippen molar-refractivity contribution in [2.24, 2.45) is 0 Å². The van der Waals surface area contributed by atoms with Crippen molar-refractivity contribution < 1.29 is 18.3 Å². The molecule has 0 saturated heterocycles. The van der Waals surface area contributed by atoms with E-state index in [9.17, 15) is 13.6 Å². The maximum absolute atomic E-state index is 14.0. The first-order chi connectivity index (χ1) is 14.0. The van der Waals surface area contributed by atoms with Gasteiger partial charge in [-0.1, -0.05) is 6.07 Å². The minimum absolute atomic E-state index is 0.0402. The van der Waals surface area contributed by atoms with Crippen LogP contribution in [0.1, 0.15) is 11.4 Å². The summed E-state index contributed by atoms with van der Waals surface area (Å²) in [6.45, 7) is 1.56. The maximum atomic E-state index is 14.0. The van der Waals surface area contributed by atoms with E-state index < -0.39 is 11.6 Å². The molecule has 29 heavy (non-hydrogen) atoms. The molecule has 0 bridgehead atoms. The van der Waals surface area contributed by atoms with Crippen LogP contribution in [0.25, 0.3) is 10.9 Å². The van der Waals surface area contributed by atoms with Gasteiger partial charge in [-0.25, -0.2) is 13.8 Å². The molecule has 0 aliphatic carbocycles. The van der Waals surface area contributed by atoms with Crippen molar-refractivity contribution in [2.75, 3.05) is 27.3 Å². The Labute approximate surface area is 166 Å². The van der Waals surface area contributed by atoms with Gasteiger partial charge >= 0.3 is 0 Å². The summed E-state index contributed by atoms with van der Waals surface area (Å²) >= 11 is 0. The Morgan fingerprint density at radius 2 is 1.72 bits per heavy atom. The fraction of sp³-hybridized carbons (Fsp3) is 0.333. The molecule has 0 saturated carbocycles. The lowest BCUT2D eigenvalue weighted by molar-refractivity contribution is 0.263. The third kappa shape index (κ3) is 3.55. The van der Waals surface area contributed by atoms with Gasteiger partial charge in [0.1, 0.15) is 17.5 Å². The van der Waals surface area contributed by atoms with Gasteiger partial charge in [0.15, 0.2) is 11.5 Å². The number of methoxy groups -OCH3 is 2. The molecule has 0 spiro atoms. The van der Waals surface area contributed by atoms with E-state index in [2.05, 4.69) is 4.98 Å². The number of rotatable bonds is 4. The van der Waals surface area contributed by atoms with Crippen molar-refractivity contribution in [2.45, 2.75) is 19.5 Å². The predicted octanol–water partition coefficient (Wildman–Crippen LogP) is 2.75. The molecule has 1 aromatic heterocycles. The summed E-state index contributed by atoms with van der Waals surface area (Å²) in [5, 5.41) is 0.444. The van der Waals surface area contributed by atoms with Crippen LogP contribution in [0.2, 0.25) is 0 Å². The zero-order valence-corrected chi connectivity index (χ0v) is 16.2. The van der Waals surface area contributed by atoms with Gasteiger partial charge < -0.3 is 9.47 Å². The van der Waals surface area contributed by atoms with Crippen molar-refractivity contribution >= 4 is 10.9 Å². The maximum Gasteiger partial charge on any atom is 0.261 e. The Morgan fingerprint density at radius 3 is 2.41 bits per heavy atom. The van der Waals surface area contributed by atoms with Crippen LogP contribution in [-0.2, 0) is 19.5 Å². The van der Waals surface area contributed by atoms with Crippen LogP contribution in [0.4, 0.5) is 8.78 Å². The van der Waals surface area contributed by atoms with E-state index >= 15 is 0 Å². The fourth-order valence-electron chi connectivity index (χ4n) is 3.69. The molecule has 8 heteroatoms. The number of nitrogens with zero attached hydrogens (tertiary/aromatic N) is 3. The van der Waals surface area contributed by atoms with E-state index in [1.165, 1.54) is 32.4 Å². The van der Waals surface area contributed by atoms with Crippen molar-refractivity contribution in [3.8, 4) is 11.5 Å². The second-order valence-electron chi connectivity index (χ2n) is 6.94. The van der Waals surface area contributed by atoms with Crippen LogP contribution >= 0.6 is 0 Å². The minimum Gasteiger partial charge on any atom is -0.493 e. The van der Waals surface area contributed by atoms with E-state index in [1.807, 2.05) is 4.90 Å². The van der Waals surface area contributed by atoms with Crippen LogP contribution in [0, 0.1) is 11.6 Å². The fourth-order valence-corrected chi connectivity index (χ4v) is 3.69. The molecule has 1 aliphatic rings. The smallest absolute Gasteiger partial charge is 0.261 e. The number of hydrogen-bond donors (Lipinski definition) is 0. The molecule has 2 heterocycles. The third-order valence-corrected chi connectivity index (χ3v) is 5.27. The molecule has 0 amide bonds. The quantitative estimate of drug-likeness (QED) is 0.673. The molecule has 3 aromatic rings. The number of fused-ring (bicyclic) bond motifs is 2. The molecule has 0 N–H and O–H groups in total. The Hall–Kier alpha value is -3.00. The largest absolute Gasteiger partial charge is 0.493 e. The average Bonchev–Trinajstić information content (AvgIpc) is 2.92. The molecule has 2 aromatic carbocycles. The highest BCUT2D eigenvalue weighted by Crippen LogP contribution is 2.30. The van der Waals surface area contributed by atoms with Gasteiger partial charge in [-0.3, -0.25) is 14.3 Å². The van der Waals surface area contributed by atoms with Crippen LogP contribution in [0.3, 0.4) is 0 Å². The molecule has 0 radical (unpaired) electrons. The van der Waals surface area contributed by atoms with Crippen molar-refractivity contribution in [3.63, 3.8) is 0 Å². The summed E-state index contributed by atoms with van der Waals surface area (Å²) < 4.78 is 40.2. The van der Waals surface area contributed by atoms with Gasteiger partial charge in [-0.2, -0.15) is 0 Å². The Morgan fingerprint density at radius 1 is 1.03 bits per heavy atom. The van der Waals surface area contributed by atoms with Gasteiger partial charge in [-0.15, -0.1) is 0 Å². The minimum atomic E-state index is -0.563. The molecule has 6 nitrogen and oxygen atoms in total. The van der Waals surface area contributed by atoms with Crippen LogP contribution < -0.4 is 15.0 Å². The summed E-state index contributed by atoms with van der Waals surface area (Å²) in [4.78, 5) is 19.6. The first-order valence-electron chi connectivity index (χ1n) is 9.32. The standard InChI is InChI=1S/C21H21F2N3O3/c1-28-18-10-13-17(11-19(18)29-2)24-20-6-7-25(8-9-26(20)21(13)27)12-14-15(22)4-3-5-16(14)23/h3-5,10-11H,6-9,12H2,1-2H3. The van der Waals surface area contributed by atoms with Crippen molar-refractivity contribution in [1.29, 1.82) is 0 Å². The second kappa shape index (κ2) is 7.79. The first-order valence-corrected chi connectivity index (χ1v) is 9.32. The number of benzene rings is 2. The van der Waals surface area contributed by atoms with Crippen molar-refractivity contribution in [3.05, 3.63) is 63.7 Å². The zero-order chi connectivity index (χ0) is 20.5. The Bertz CT molecular complexity index is 1110. The summed E-state index contributed by atoms with van der Waals surface area (Å²) in [7, 11) is 3.04. The third-order valence-electron chi connectivity index (χ3n) is 5.27. The lowest BCUT2D eigenvalue weighted by atomic mass is 10.2. The SMILES string of the molecule is COc1cc2nc3n(c(=O)c2cc1OC)CCN(Cc1c(F)cccc1F)CC3. The number of ether oxygens (including phenoxy) is 2. The van der Waals surface area contributed by atoms with Gasteiger partial charge in [0.2, 0.25) is 0 Å². The van der Waals surface area contributed by atoms with E-state index in [4.69, 9.17) is 9.47 Å². The average molecular weight is 401 g/mol. The highest BCUT2D eigenvalue weighted by molar-refractivity contribution is 5.82. The number of hydrogen-bond acceptors (Lipinski definition) is 5. The first kappa shape index (κ1) is 19.3. The van der Waals surface area contributed by atoms with E-state index in [-0.39, 0.29) is 17.7 Å². The topological polar surface area (TPSA) is 56.6 Å². The van der Waals surface area contributed by atoms with Crippen LogP contribution in [-0.4, -0.2) is 41.8 Å². The number of halogens is 2. The van der Waals surface area contributed by atoms with Gasteiger partial charge in [0.25, 0.3) is 5.56 Å². The normalized spacial score (nSPS) is 14.5. The molecule has 152 valence electrons. The molecular weight excluding hydrogens is 380 g/mol. The molecule has 0 atom stereocenters. The molecule has 0 fully saturated rings. The Kier molecular flexibility index (Phi) is 5.19. The van der Waals surface area contributed by atoms with Gasteiger partial charge in [0, 0.05) is 44.2 Å². The van der Waals surface area contributed by atoms with E-state index in [1.54, 1.807) is 16.7 Å². The van der Waals surface area contributed by atoms with E-state index in [0.29, 0.717) is 54.3 Å². The number of aromatic nitrogens is 2. The van der Waals surface area contributed by atoms with Gasteiger partial charge in [-0.05, 0) is 18.2 Å². The monoisotopic (exact) mass is 401 g/mol. The molecule has 4 rings (SSSR count). The van der Waals surface area contributed by atoms with Crippen LogP contribution in [0.5, 0.6) is 11.5 Å². The molecular formula is C21H21F2N3O3. The highest BCUT2D eigenvalue weighted by Gasteiger charge is 2.21. The highest BCUT2D eigenvalue weighted by atomic mass is 19.1. The Balaban J connectivity index is 1.67. The molecule has 0 unspecified atom stereocenters. The second-order valence-corrected chi connectivity index (χ2v) is 6.94. The summed E-state index contributed by atoms with van der Waals surface area (Å²) in [6, 6.07) is 7.18. The summed E-state index contributed by atoms with van der Waals surface area (Å²) in [5.74, 6) is 0.483. The van der Waals surface area contributed by atoms with Crippen molar-refractivity contribution in [1.82, 2.24) is 14.5 Å². The predicted molar refractivity (Wildman–Crippen MR) is 104 cm³/mol. The lowest BCUT2D eigenvalue weighted by Crippen LogP contribution is -2.29. The zero-order valence-electron chi connectivity index (χ0n) is 16.2. The molecule has 1 aliphatic heterocycles. The summed E-state index contributed by atoms with van der Waals surface area (Å²) in [5.41, 5.74) is 0.413. The lowest BCUT2D eigenvalue weighted by Gasteiger charge is -2.20. The van der Waals surface area contributed by atoms with Crippen LogP contribution in [0.15, 0.2) is 35.1 Å². The van der Waals surface area contributed by atoms with Gasteiger partial charge in [0.05, 0.1) is 25.1 Å². The van der Waals surface area contributed by atoms with E-state index in [0.717, 1.165) is 0 Å². The summed E-state index contributed by atoms with van der Waals surface area (Å²) in [6.07, 6.45) is 0.496.